The van der Waals surface area contributed by atoms with Gasteiger partial charge in [0.15, 0.2) is 0 Å². The summed E-state index contributed by atoms with van der Waals surface area (Å²) in [6.07, 6.45) is 3.28. The highest BCUT2D eigenvalue weighted by Gasteiger charge is 2.23. The molecule has 222 valence electrons. The summed E-state index contributed by atoms with van der Waals surface area (Å²) < 4.78 is 7.39. The molecule has 0 aliphatic carbocycles. The number of carbonyl (C=O) groups is 1. The minimum absolute atomic E-state index is 0.210. The van der Waals surface area contributed by atoms with E-state index in [4.69, 9.17) is 9.72 Å². The fourth-order valence-corrected chi connectivity index (χ4v) is 5.22. The van der Waals surface area contributed by atoms with E-state index in [1.165, 1.54) is 35.1 Å². The van der Waals surface area contributed by atoms with E-state index in [0.717, 1.165) is 62.5 Å². The van der Waals surface area contributed by atoms with Crippen molar-refractivity contribution >= 4 is 5.97 Å². The second-order valence-electron chi connectivity index (χ2n) is 12.6. The third-order valence-corrected chi connectivity index (χ3v) is 7.85. The Labute approximate surface area is 252 Å². The molecule has 0 spiro atoms. The Bertz CT molecular complexity index is 1460. The number of nitrogens with zero attached hydrogens (tertiary/aromatic N) is 3. The Hall–Kier alpha value is -3.70. The van der Waals surface area contributed by atoms with Crippen LogP contribution < -0.4 is 0 Å². The van der Waals surface area contributed by atoms with Crippen LogP contribution in [0.15, 0.2) is 72.8 Å². The molecule has 1 aromatic heterocycles. The van der Waals surface area contributed by atoms with Gasteiger partial charge in [0.25, 0.3) is 0 Å². The summed E-state index contributed by atoms with van der Waals surface area (Å²) in [6.45, 7) is 16.9. The average Bonchev–Trinajstić information content (AvgIpc) is 3.32. The third kappa shape index (κ3) is 7.98. The number of esters is 1. The second kappa shape index (κ2) is 14.0. The van der Waals surface area contributed by atoms with Gasteiger partial charge >= 0.3 is 5.97 Å². The van der Waals surface area contributed by atoms with Crippen molar-refractivity contribution in [2.75, 3.05) is 13.7 Å². The maximum Gasteiger partial charge on any atom is 0.337 e. The molecule has 4 aromatic rings. The lowest BCUT2D eigenvalue weighted by Gasteiger charge is -2.28. The highest BCUT2D eigenvalue weighted by Crippen LogP contribution is 2.33. The monoisotopic (exact) mass is 565 g/mol. The molecule has 42 heavy (non-hydrogen) atoms. The number of methoxy groups -OCH3 is 1. The molecule has 0 aliphatic rings. The Kier molecular flexibility index (Phi) is 10.4. The number of rotatable bonds is 12. The van der Waals surface area contributed by atoms with Crippen LogP contribution in [0.2, 0.25) is 0 Å². The Morgan fingerprint density at radius 2 is 1.62 bits per heavy atom. The first-order valence-corrected chi connectivity index (χ1v) is 15.2. The van der Waals surface area contributed by atoms with Gasteiger partial charge in [-0.3, -0.25) is 4.90 Å². The minimum Gasteiger partial charge on any atom is -0.465 e. The number of unbranched alkanes of at least 4 members (excludes halogenated alkanes) is 1. The maximum absolute atomic E-state index is 12.0. The Morgan fingerprint density at radius 3 is 2.24 bits per heavy atom. The number of carbonyl (C=O) groups excluding carboxylic acids is 1. The number of aromatic nitrogens is 2. The molecule has 0 atom stereocenters. The largest absolute Gasteiger partial charge is 0.465 e. The number of hydrogen-bond acceptors (Lipinski definition) is 4. The summed E-state index contributed by atoms with van der Waals surface area (Å²) in [5, 5.41) is 0. The molecule has 5 nitrogen and oxygen atoms in total. The highest BCUT2D eigenvalue weighted by atomic mass is 16.5. The molecule has 0 saturated carbocycles. The lowest BCUT2D eigenvalue weighted by molar-refractivity contribution is 0.0600. The van der Waals surface area contributed by atoms with Gasteiger partial charge in [-0.25, -0.2) is 9.78 Å². The highest BCUT2D eigenvalue weighted by molar-refractivity contribution is 5.89. The van der Waals surface area contributed by atoms with Crippen LogP contribution in [0.5, 0.6) is 0 Å². The minimum atomic E-state index is -0.308. The van der Waals surface area contributed by atoms with Crippen LogP contribution in [-0.4, -0.2) is 34.1 Å². The van der Waals surface area contributed by atoms with Gasteiger partial charge in [-0.05, 0) is 61.9 Å². The van der Waals surface area contributed by atoms with Crippen LogP contribution in [0.3, 0.4) is 0 Å². The quantitative estimate of drug-likeness (QED) is 0.161. The summed E-state index contributed by atoms with van der Waals surface area (Å²) in [5.41, 5.74) is 9.09. The van der Waals surface area contributed by atoms with E-state index < -0.39 is 0 Å². The van der Waals surface area contributed by atoms with Gasteiger partial charge in [0.2, 0.25) is 0 Å². The van der Waals surface area contributed by atoms with E-state index in [1.807, 2.05) is 24.3 Å². The summed E-state index contributed by atoms with van der Waals surface area (Å²) in [6, 6.07) is 25.2. The summed E-state index contributed by atoms with van der Waals surface area (Å²) in [7, 11) is 1.42. The van der Waals surface area contributed by atoms with Gasteiger partial charge < -0.3 is 9.30 Å². The molecule has 3 aromatic carbocycles. The van der Waals surface area contributed by atoms with E-state index >= 15 is 0 Å². The average molecular weight is 566 g/mol. The van der Waals surface area contributed by atoms with Crippen molar-refractivity contribution in [2.45, 2.75) is 80.4 Å². The zero-order valence-corrected chi connectivity index (χ0v) is 26.5. The van der Waals surface area contributed by atoms with E-state index in [9.17, 15) is 4.79 Å². The number of benzene rings is 3. The summed E-state index contributed by atoms with van der Waals surface area (Å²) in [4.78, 5) is 19.9. The van der Waals surface area contributed by atoms with Crippen molar-refractivity contribution in [3.8, 4) is 22.6 Å². The number of aryl methyl sites for hydroxylation is 2. The third-order valence-electron chi connectivity index (χ3n) is 7.85. The molecular weight excluding hydrogens is 518 g/mol. The van der Waals surface area contributed by atoms with E-state index in [-0.39, 0.29) is 11.4 Å². The number of imidazole rings is 1. The maximum atomic E-state index is 12.0. The van der Waals surface area contributed by atoms with Crippen molar-refractivity contribution in [1.29, 1.82) is 0 Å². The smallest absolute Gasteiger partial charge is 0.337 e. The molecule has 4 rings (SSSR count). The van der Waals surface area contributed by atoms with Crippen LogP contribution in [0.1, 0.15) is 79.7 Å². The zero-order chi connectivity index (χ0) is 30.3. The standard InChI is InChI=1S/C37H47N3O2/c1-8-9-23-40-33(26-39(24-22-37(4,5)6)25-29-16-20-31(21-17-29)36(41)42-7)34(30-18-14-27(2)15-19-30)38-35(40)32-13-11-10-12-28(32)3/h10-21H,8-9,22-26H2,1-7H3. The van der Waals surface area contributed by atoms with Gasteiger partial charge in [0, 0.05) is 30.8 Å². The van der Waals surface area contributed by atoms with Crippen molar-refractivity contribution in [3.63, 3.8) is 0 Å². The molecule has 0 saturated heterocycles. The van der Waals surface area contributed by atoms with Crippen molar-refractivity contribution in [2.24, 2.45) is 5.41 Å². The van der Waals surface area contributed by atoms with Crippen LogP contribution in [0, 0.1) is 19.3 Å². The fraction of sp³-hybridized carbons (Fsp3) is 0.405. The predicted molar refractivity (Wildman–Crippen MR) is 173 cm³/mol. The lowest BCUT2D eigenvalue weighted by atomic mass is 9.92. The zero-order valence-electron chi connectivity index (χ0n) is 26.5. The molecule has 0 bridgehead atoms. The lowest BCUT2D eigenvalue weighted by Crippen LogP contribution is -2.28. The molecule has 0 unspecified atom stereocenters. The predicted octanol–water partition coefficient (Wildman–Crippen LogP) is 8.86. The fourth-order valence-electron chi connectivity index (χ4n) is 5.22. The van der Waals surface area contributed by atoms with Gasteiger partial charge in [0.1, 0.15) is 5.82 Å². The Balaban J connectivity index is 1.81. The van der Waals surface area contributed by atoms with Crippen LogP contribution >= 0.6 is 0 Å². The Morgan fingerprint density at radius 1 is 0.929 bits per heavy atom. The molecule has 0 amide bonds. The van der Waals surface area contributed by atoms with Crippen molar-refractivity contribution in [1.82, 2.24) is 14.5 Å². The molecule has 0 fully saturated rings. The molecule has 0 radical (unpaired) electrons. The molecule has 1 heterocycles. The summed E-state index contributed by atoms with van der Waals surface area (Å²) in [5.74, 6) is 0.739. The summed E-state index contributed by atoms with van der Waals surface area (Å²) >= 11 is 0. The SMILES string of the molecule is CCCCn1c(-c2ccccc2C)nc(-c2ccc(C)cc2)c1CN(CCC(C)(C)C)Cc1ccc(C(=O)OC)cc1. The van der Waals surface area contributed by atoms with Gasteiger partial charge in [-0.1, -0.05) is 100 Å². The molecule has 0 N–H and O–H groups in total. The van der Waals surface area contributed by atoms with E-state index in [1.54, 1.807) is 0 Å². The first-order valence-electron chi connectivity index (χ1n) is 15.2. The van der Waals surface area contributed by atoms with Gasteiger partial charge in [-0.2, -0.15) is 0 Å². The normalized spacial score (nSPS) is 11.7. The first-order chi connectivity index (χ1) is 20.1. The van der Waals surface area contributed by atoms with Gasteiger partial charge in [0.05, 0.1) is 24.1 Å². The van der Waals surface area contributed by atoms with Crippen LogP contribution in [-0.2, 0) is 24.4 Å². The van der Waals surface area contributed by atoms with Crippen LogP contribution in [0.4, 0.5) is 0 Å². The van der Waals surface area contributed by atoms with E-state index in [2.05, 4.69) is 99.5 Å². The number of ether oxygens (including phenoxy) is 1. The molecule has 5 heteroatoms. The van der Waals surface area contributed by atoms with Gasteiger partial charge in [-0.15, -0.1) is 0 Å². The topological polar surface area (TPSA) is 47.4 Å². The second-order valence-corrected chi connectivity index (χ2v) is 12.6. The molecular formula is C37H47N3O2. The van der Waals surface area contributed by atoms with Crippen molar-refractivity contribution < 1.29 is 9.53 Å². The number of hydrogen-bond donors (Lipinski definition) is 0. The van der Waals surface area contributed by atoms with Crippen molar-refractivity contribution in [3.05, 3.63) is 101 Å². The first kappa shape index (κ1) is 31.2. The molecule has 0 aliphatic heterocycles. The van der Waals surface area contributed by atoms with Crippen LogP contribution in [0.25, 0.3) is 22.6 Å². The van der Waals surface area contributed by atoms with E-state index in [0.29, 0.717) is 5.56 Å².